The van der Waals surface area contributed by atoms with Gasteiger partial charge in [-0.05, 0) is 24.3 Å². The number of hydrogen-bond donors (Lipinski definition) is 2. The lowest BCUT2D eigenvalue weighted by Crippen LogP contribution is -2.21. The van der Waals surface area contributed by atoms with E-state index in [4.69, 9.17) is 9.47 Å². The number of nitrogens with one attached hydrogen (secondary N) is 2. The highest BCUT2D eigenvalue weighted by atomic mass is 16.5. The number of rotatable bonds is 6. The third-order valence-corrected chi connectivity index (χ3v) is 3.10. The van der Waals surface area contributed by atoms with E-state index in [9.17, 15) is 9.59 Å². The Morgan fingerprint density at radius 2 is 1.87 bits per heavy atom. The first kappa shape index (κ1) is 16.4. The molecule has 120 valence electrons. The second-order valence-electron chi connectivity index (χ2n) is 4.65. The van der Waals surface area contributed by atoms with Gasteiger partial charge in [0.25, 0.3) is 5.91 Å². The van der Waals surface area contributed by atoms with Gasteiger partial charge in [-0.1, -0.05) is 18.2 Å². The summed E-state index contributed by atoms with van der Waals surface area (Å²) in [6.07, 6.45) is 0. The summed E-state index contributed by atoms with van der Waals surface area (Å²) >= 11 is 0. The zero-order valence-corrected chi connectivity index (χ0v) is 13.0. The molecular weight excluding hydrogens is 296 g/mol. The summed E-state index contributed by atoms with van der Waals surface area (Å²) in [7, 11) is 3.25. The Kier molecular flexibility index (Phi) is 5.57. The van der Waals surface area contributed by atoms with Gasteiger partial charge in [-0.15, -0.1) is 0 Å². The normalized spacial score (nSPS) is 9.83. The molecule has 0 aliphatic heterocycles. The van der Waals surface area contributed by atoms with E-state index in [0.717, 1.165) is 0 Å². The van der Waals surface area contributed by atoms with E-state index in [1.807, 2.05) is 0 Å². The molecule has 0 spiro atoms. The fourth-order valence-corrected chi connectivity index (χ4v) is 1.99. The van der Waals surface area contributed by atoms with Gasteiger partial charge in [-0.25, -0.2) is 4.79 Å². The first-order valence-electron chi connectivity index (χ1n) is 7.02. The summed E-state index contributed by atoms with van der Waals surface area (Å²) in [5.74, 6) is -0.355. The van der Waals surface area contributed by atoms with Crippen LogP contribution < -0.4 is 15.4 Å². The van der Waals surface area contributed by atoms with Crippen molar-refractivity contribution in [2.45, 2.75) is 0 Å². The summed E-state index contributed by atoms with van der Waals surface area (Å²) in [6.45, 7) is -0.367. The van der Waals surface area contributed by atoms with Gasteiger partial charge in [0.1, 0.15) is 5.75 Å². The predicted octanol–water partition coefficient (Wildman–Crippen LogP) is 2.53. The van der Waals surface area contributed by atoms with Crippen molar-refractivity contribution < 1.29 is 19.1 Å². The number of carbonyl (C=O) groups excluding carboxylic acids is 2. The van der Waals surface area contributed by atoms with Crippen molar-refractivity contribution in [1.29, 1.82) is 0 Å². The van der Waals surface area contributed by atoms with Crippen molar-refractivity contribution in [1.82, 2.24) is 0 Å². The molecule has 6 nitrogen and oxygen atoms in total. The minimum Gasteiger partial charge on any atom is -0.497 e. The molecule has 6 heteroatoms. The maximum atomic E-state index is 12.0. The molecular formula is C17H18N2O4. The number of ether oxygens (including phenoxy) is 2. The lowest BCUT2D eigenvalue weighted by Gasteiger charge is -2.10. The Hall–Kier alpha value is -3.02. The number of para-hydroxylation sites is 1. The summed E-state index contributed by atoms with van der Waals surface area (Å²) in [6, 6.07) is 13.8. The van der Waals surface area contributed by atoms with E-state index in [0.29, 0.717) is 22.7 Å². The van der Waals surface area contributed by atoms with Crippen LogP contribution in [0.2, 0.25) is 0 Å². The van der Waals surface area contributed by atoms with Crippen LogP contribution in [0.3, 0.4) is 0 Å². The molecule has 2 rings (SSSR count). The molecule has 0 aliphatic carbocycles. The highest BCUT2D eigenvalue weighted by molar-refractivity contribution is 5.98. The van der Waals surface area contributed by atoms with Crippen LogP contribution in [0.4, 0.5) is 11.4 Å². The third-order valence-electron chi connectivity index (χ3n) is 3.10. The summed E-state index contributed by atoms with van der Waals surface area (Å²) in [5, 5.41) is 5.54. The van der Waals surface area contributed by atoms with Gasteiger partial charge in [0.05, 0.1) is 12.7 Å². The Labute approximate surface area is 134 Å². The molecule has 0 atom stereocenters. The van der Waals surface area contributed by atoms with Crippen molar-refractivity contribution in [2.75, 3.05) is 31.4 Å². The molecule has 0 unspecified atom stereocenters. The van der Waals surface area contributed by atoms with Crippen LogP contribution in [-0.2, 0) is 9.53 Å². The van der Waals surface area contributed by atoms with Gasteiger partial charge in [0.2, 0.25) is 0 Å². The van der Waals surface area contributed by atoms with Crippen molar-refractivity contribution >= 4 is 23.3 Å². The standard InChI is InChI=1S/C17H18N2O4/c1-18-15-9-4-3-8-14(15)17(21)23-11-16(20)19-12-6-5-7-13(10-12)22-2/h3-10,18H,11H2,1-2H3,(H,19,20). The SMILES string of the molecule is CNc1ccccc1C(=O)OCC(=O)Nc1cccc(OC)c1. The summed E-state index contributed by atoms with van der Waals surface area (Å²) < 4.78 is 10.1. The second-order valence-corrected chi connectivity index (χ2v) is 4.65. The maximum absolute atomic E-state index is 12.0. The fourth-order valence-electron chi connectivity index (χ4n) is 1.99. The zero-order chi connectivity index (χ0) is 16.7. The first-order valence-corrected chi connectivity index (χ1v) is 7.02. The van der Waals surface area contributed by atoms with Crippen LogP contribution in [0.25, 0.3) is 0 Å². The number of amides is 1. The maximum Gasteiger partial charge on any atom is 0.340 e. The Bertz CT molecular complexity index is 700. The monoisotopic (exact) mass is 314 g/mol. The Morgan fingerprint density at radius 3 is 2.61 bits per heavy atom. The second kappa shape index (κ2) is 7.84. The van der Waals surface area contributed by atoms with Crippen LogP contribution in [0.1, 0.15) is 10.4 Å². The van der Waals surface area contributed by atoms with E-state index in [1.165, 1.54) is 0 Å². The highest BCUT2D eigenvalue weighted by Crippen LogP contribution is 2.17. The van der Waals surface area contributed by atoms with Gasteiger partial charge in [-0.3, -0.25) is 4.79 Å². The van der Waals surface area contributed by atoms with Gasteiger partial charge >= 0.3 is 5.97 Å². The van der Waals surface area contributed by atoms with Crippen molar-refractivity contribution in [2.24, 2.45) is 0 Å². The van der Waals surface area contributed by atoms with Gasteiger partial charge in [-0.2, -0.15) is 0 Å². The van der Waals surface area contributed by atoms with Crippen LogP contribution in [0.15, 0.2) is 48.5 Å². The van der Waals surface area contributed by atoms with E-state index < -0.39 is 11.9 Å². The molecule has 2 aromatic carbocycles. The number of methoxy groups -OCH3 is 1. The molecule has 0 bridgehead atoms. The van der Waals surface area contributed by atoms with Gasteiger partial charge in [0.15, 0.2) is 6.61 Å². The average Bonchev–Trinajstić information content (AvgIpc) is 2.59. The van der Waals surface area contributed by atoms with Crippen LogP contribution in [0.5, 0.6) is 5.75 Å². The molecule has 0 radical (unpaired) electrons. The number of hydrogen-bond acceptors (Lipinski definition) is 5. The largest absolute Gasteiger partial charge is 0.497 e. The topological polar surface area (TPSA) is 76.7 Å². The molecule has 2 N–H and O–H groups in total. The smallest absolute Gasteiger partial charge is 0.340 e. The molecule has 0 saturated carbocycles. The molecule has 23 heavy (non-hydrogen) atoms. The molecule has 0 fully saturated rings. The summed E-state index contributed by atoms with van der Waals surface area (Å²) in [5.41, 5.74) is 1.59. The first-order chi connectivity index (χ1) is 11.1. The molecule has 1 amide bonds. The quantitative estimate of drug-likeness (QED) is 0.801. The Balaban J connectivity index is 1.92. The van der Waals surface area contributed by atoms with Crippen LogP contribution in [0, 0.1) is 0 Å². The van der Waals surface area contributed by atoms with E-state index in [2.05, 4.69) is 10.6 Å². The minimum atomic E-state index is -0.559. The molecule has 2 aromatic rings. The van der Waals surface area contributed by atoms with Crippen molar-refractivity contribution in [3.8, 4) is 5.75 Å². The van der Waals surface area contributed by atoms with E-state index in [-0.39, 0.29) is 6.61 Å². The molecule has 0 aliphatic rings. The van der Waals surface area contributed by atoms with Crippen molar-refractivity contribution in [3.63, 3.8) is 0 Å². The average molecular weight is 314 g/mol. The van der Waals surface area contributed by atoms with Crippen molar-refractivity contribution in [3.05, 3.63) is 54.1 Å². The lowest BCUT2D eigenvalue weighted by molar-refractivity contribution is -0.119. The Morgan fingerprint density at radius 1 is 1.09 bits per heavy atom. The number of carbonyl (C=O) groups is 2. The van der Waals surface area contributed by atoms with Crippen LogP contribution in [-0.4, -0.2) is 32.6 Å². The number of esters is 1. The fraction of sp³-hybridized carbons (Fsp3) is 0.176. The van der Waals surface area contributed by atoms with Gasteiger partial charge in [0, 0.05) is 24.5 Å². The highest BCUT2D eigenvalue weighted by Gasteiger charge is 2.13. The third kappa shape index (κ3) is 4.47. The van der Waals surface area contributed by atoms with E-state index in [1.54, 1.807) is 62.7 Å². The zero-order valence-electron chi connectivity index (χ0n) is 13.0. The lowest BCUT2D eigenvalue weighted by atomic mass is 10.2. The van der Waals surface area contributed by atoms with E-state index >= 15 is 0 Å². The number of anilines is 2. The number of benzene rings is 2. The predicted molar refractivity (Wildman–Crippen MR) is 87.9 cm³/mol. The summed E-state index contributed by atoms with van der Waals surface area (Å²) in [4.78, 5) is 23.9. The molecule has 0 heterocycles. The van der Waals surface area contributed by atoms with Gasteiger partial charge < -0.3 is 20.1 Å². The molecule has 0 saturated heterocycles. The minimum absolute atomic E-state index is 0.367. The molecule has 0 aromatic heterocycles. The van der Waals surface area contributed by atoms with Crippen LogP contribution >= 0.6 is 0 Å².